The average molecular weight is 518 g/mol. The van der Waals surface area contributed by atoms with Crippen LogP contribution in [0.1, 0.15) is 17.8 Å². The number of nitrogens with one attached hydrogen (secondary N) is 1. The van der Waals surface area contributed by atoms with E-state index < -0.39 is 0 Å². The van der Waals surface area contributed by atoms with Crippen LogP contribution in [0, 0.1) is 0 Å². The Morgan fingerprint density at radius 1 is 0.973 bits per heavy atom. The van der Waals surface area contributed by atoms with Crippen molar-refractivity contribution in [3.8, 4) is 11.5 Å². The molecule has 3 aromatic carbocycles. The Bertz CT molecular complexity index is 1660. The van der Waals surface area contributed by atoms with Crippen molar-refractivity contribution in [2.75, 3.05) is 19.5 Å². The van der Waals surface area contributed by atoms with Crippen molar-refractivity contribution >= 4 is 39.9 Å². The molecule has 0 aliphatic rings. The Labute approximate surface area is 217 Å². The quantitative estimate of drug-likeness (QED) is 0.329. The Balaban J connectivity index is 1.44. The Hall–Kier alpha value is -4.37. The monoisotopic (exact) mass is 517 g/mol. The molecule has 5 rings (SSSR count). The fourth-order valence-corrected chi connectivity index (χ4v) is 4.38. The Kier molecular flexibility index (Phi) is 6.78. The maximum absolute atomic E-state index is 13.4. The fraction of sp³-hybridized carbons (Fsp3) is 0.185. The fourth-order valence-electron chi connectivity index (χ4n) is 4.25. The first-order valence-electron chi connectivity index (χ1n) is 11.6. The van der Waals surface area contributed by atoms with Crippen LogP contribution in [0.4, 0.5) is 5.69 Å². The number of fused-ring (bicyclic) bond motifs is 3. The van der Waals surface area contributed by atoms with E-state index in [9.17, 15) is 9.59 Å². The first-order chi connectivity index (χ1) is 18.0. The lowest BCUT2D eigenvalue weighted by Crippen LogP contribution is -2.24. The van der Waals surface area contributed by atoms with E-state index in [1.54, 1.807) is 48.1 Å². The number of benzene rings is 3. The van der Waals surface area contributed by atoms with Gasteiger partial charge in [0.05, 0.1) is 31.7 Å². The van der Waals surface area contributed by atoms with Gasteiger partial charge in [-0.2, -0.15) is 0 Å². The predicted octanol–water partition coefficient (Wildman–Crippen LogP) is 4.33. The number of rotatable bonds is 8. The molecule has 0 aliphatic carbocycles. The maximum atomic E-state index is 13.4. The van der Waals surface area contributed by atoms with Gasteiger partial charge in [0, 0.05) is 29.6 Å². The highest BCUT2D eigenvalue weighted by atomic mass is 35.5. The van der Waals surface area contributed by atoms with Crippen molar-refractivity contribution in [1.29, 1.82) is 0 Å². The van der Waals surface area contributed by atoms with Gasteiger partial charge < -0.3 is 14.8 Å². The standard InChI is InChI=1S/C27H24ClN5O4/c1-36-22-12-11-19(15-23(22)37-2)29-25(34)14-13-24-30-31-27-32(16-17-7-9-18(28)10-8-17)26(35)20-5-3-4-6-21(20)33(24)27/h3-12,15H,13-14,16H2,1-2H3,(H,29,34). The number of aryl methyl sites for hydroxylation is 1. The van der Waals surface area contributed by atoms with Gasteiger partial charge in [0.25, 0.3) is 5.56 Å². The summed E-state index contributed by atoms with van der Waals surface area (Å²) >= 11 is 6.02. The smallest absolute Gasteiger partial charge is 0.263 e. The van der Waals surface area contributed by atoms with Crippen LogP contribution in [0.15, 0.2) is 71.5 Å². The van der Waals surface area contributed by atoms with Gasteiger partial charge in [-0.1, -0.05) is 35.9 Å². The number of amides is 1. The van der Waals surface area contributed by atoms with Crippen molar-refractivity contribution in [2.45, 2.75) is 19.4 Å². The van der Waals surface area contributed by atoms with E-state index in [1.165, 1.54) is 7.11 Å². The number of hydrogen-bond donors (Lipinski definition) is 1. The molecule has 5 aromatic rings. The summed E-state index contributed by atoms with van der Waals surface area (Å²) in [5, 5.41) is 12.7. The number of carbonyl (C=O) groups is 1. The zero-order valence-electron chi connectivity index (χ0n) is 20.3. The number of aromatic nitrogens is 4. The summed E-state index contributed by atoms with van der Waals surface area (Å²) in [6, 6.07) is 19.8. The molecule has 2 heterocycles. The highest BCUT2D eigenvalue weighted by Gasteiger charge is 2.18. The lowest BCUT2D eigenvalue weighted by atomic mass is 10.2. The summed E-state index contributed by atoms with van der Waals surface area (Å²) in [6.45, 7) is 0.308. The number of carbonyl (C=O) groups excluding carboxylic acids is 1. The van der Waals surface area contributed by atoms with Gasteiger partial charge >= 0.3 is 0 Å². The molecule has 1 amide bonds. The predicted molar refractivity (Wildman–Crippen MR) is 142 cm³/mol. The minimum absolute atomic E-state index is 0.164. The van der Waals surface area contributed by atoms with Crippen LogP contribution in [0.3, 0.4) is 0 Å². The van der Waals surface area contributed by atoms with Gasteiger partial charge in [0.2, 0.25) is 11.7 Å². The lowest BCUT2D eigenvalue weighted by Gasteiger charge is -2.12. The van der Waals surface area contributed by atoms with Crippen LogP contribution < -0.4 is 20.3 Å². The van der Waals surface area contributed by atoms with Gasteiger partial charge in [-0.3, -0.25) is 18.6 Å². The molecule has 0 saturated heterocycles. The van der Waals surface area contributed by atoms with Crippen LogP contribution in [-0.4, -0.2) is 39.3 Å². The van der Waals surface area contributed by atoms with Crippen LogP contribution in [0.5, 0.6) is 11.5 Å². The number of para-hydroxylation sites is 1. The third-order valence-electron chi connectivity index (χ3n) is 6.07. The van der Waals surface area contributed by atoms with Crippen LogP contribution >= 0.6 is 11.6 Å². The second kappa shape index (κ2) is 10.3. The normalized spacial score (nSPS) is 11.1. The highest BCUT2D eigenvalue weighted by molar-refractivity contribution is 6.30. The number of ether oxygens (including phenoxy) is 2. The van der Waals surface area contributed by atoms with Gasteiger partial charge in [-0.05, 0) is 42.0 Å². The molecule has 0 bridgehead atoms. The molecule has 0 spiro atoms. The minimum atomic E-state index is -0.192. The first kappa shape index (κ1) is 24.3. The SMILES string of the molecule is COc1ccc(NC(=O)CCc2nnc3n(Cc4ccc(Cl)cc4)c(=O)c4ccccc4n23)cc1OC. The highest BCUT2D eigenvalue weighted by Crippen LogP contribution is 2.29. The molecule has 9 nitrogen and oxygen atoms in total. The summed E-state index contributed by atoms with van der Waals surface area (Å²) in [6.07, 6.45) is 0.489. The maximum Gasteiger partial charge on any atom is 0.263 e. The molecular weight excluding hydrogens is 494 g/mol. The van der Waals surface area contributed by atoms with Gasteiger partial charge in [-0.25, -0.2) is 0 Å². The number of hydrogen-bond acceptors (Lipinski definition) is 6. The lowest BCUT2D eigenvalue weighted by molar-refractivity contribution is -0.116. The van der Waals surface area contributed by atoms with Crippen molar-refractivity contribution in [1.82, 2.24) is 19.2 Å². The number of anilines is 1. The minimum Gasteiger partial charge on any atom is -0.493 e. The second-order valence-corrected chi connectivity index (χ2v) is 8.84. The molecule has 0 fully saturated rings. The van der Waals surface area contributed by atoms with Crippen molar-refractivity contribution in [2.24, 2.45) is 0 Å². The molecule has 188 valence electrons. The average Bonchev–Trinajstić information content (AvgIpc) is 3.35. The first-order valence-corrected chi connectivity index (χ1v) is 12.0. The number of nitrogens with zero attached hydrogens (tertiary/aromatic N) is 4. The largest absolute Gasteiger partial charge is 0.493 e. The van der Waals surface area contributed by atoms with E-state index in [4.69, 9.17) is 21.1 Å². The van der Waals surface area contributed by atoms with E-state index in [1.807, 2.05) is 34.7 Å². The van der Waals surface area contributed by atoms with E-state index in [2.05, 4.69) is 15.5 Å². The molecular formula is C27H24ClN5O4. The van der Waals surface area contributed by atoms with Gasteiger partial charge in [-0.15, -0.1) is 10.2 Å². The summed E-state index contributed by atoms with van der Waals surface area (Å²) in [4.78, 5) is 26.1. The Morgan fingerprint density at radius 3 is 2.49 bits per heavy atom. The molecule has 0 radical (unpaired) electrons. The summed E-state index contributed by atoms with van der Waals surface area (Å²) < 4.78 is 14.0. The molecule has 10 heteroatoms. The summed E-state index contributed by atoms with van der Waals surface area (Å²) in [7, 11) is 3.09. The third kappa shape index (κ3) is 4.85. The van der Waals surface area contributed by atoms with Crippen LogP contribution in [0.2, 0.25) is 5.02 Å². The third-order valence-corrected chi connectivity index (χ3v) is 6.32. The summed E-state index contributed by atoms with van der Waals surface area (Å²) in [5.74, 6) is 1.90. The zero-order chi connectivity index (χ0) is 25.9. The summed E-state index contributed by atoms with van der Waals surface area (Å²) in [5.41, 5.74) is 2.02. The van der Waals surface area contributed by atoms with E-state index in [0.29, 0.717) is 57.7 Å². The van der Waals surface area contributed by atoms with Crippen molar-refractivity contribution in [3.63, 3.8) is 0 Å². The van der Waals surface area contributed by atoms with E-state index >= 15 is 0 Å². The zero-order valence-corrected chi connectivity index (χ0v) is 21.0. The molecule has 0 saturated carbocycles. The molecule has 0 aliphatic heterocycles. The number of methoxy groups -OCH3 is 2. The molecule has 0 unspecified atom stereocenters. The number of halogens is 1. The van der Waals surface area contributed by atoms with E-state index in [0.717, 1.165) is 5.56 Å². The molecule has 37 heavy (non-hydrogen) atoms. The molecule has 1 N–H and O–H groups in total. The second-order valence-electron chi connectivity index (χ2n) is 8.40. The molecule has 0 atom stereocenters. The topological polar surface area (TPSA) is 99.7 Å². The van der Waals surface area contributed by atoms with Gasteiger partial charge in [0.1, 0.15) is 5.82 Å². The van der Waals surface area contributed by atoms with Crippen LogP contribution in [-0.2, 0) is 17.8 Å². The van der Waals surface area contributed by atoms with Crippen molar-refractivity contribution in [3.05, 3.63) is 93.5 Å². The van der Waals surface area contributed by atoms with Gasteiger partial charge in [0.15, 0.2) is 11.5 Å². The van der Waals surface area contributed by atoms with Crippen LogP contribution in [0.25, 0.3) is 16.7 Å². The van der Waals surface area contributed by atoms with E-state index in [-0.39, 0.29) is 17.9 Å². The molecule has 2 aromatic heterocycles. The Morgan fingerprint density at radius 2 is 1.73 bits per heavy atom. The van der Waals surface area contributed by atoms with Crippen molar-refractivity contribution < 1.29 is 14.3 Å².